The van der Waals surface area contributed by atoms with Gasteiger partial charge in [-0.05, 0) is 23.3 Å². The minimum atomic E-state index is -0.0187. The van der Waals surface area contributed by atoms with E-state index >= 15 is 0 Å². The Morgan fingerprint density at radius 2 is 2.26 bits per heavy atom. The zero-order valence-corrected chi connectivity index (χ0v) is 10.6. The normalized spacial score (nSPS) is 13.3. The first kappa shape index (κ1) is 11.9. The SMILES string of the molecule is O=C(NCCn1ccnc1)c1ccc2c(c1)CNC2. The molecule has 2 heterocycles. The Balaban J connectivity index is 1.58. The van der Waals surface area contributed by atoms with E-state index in [1.165, 1.54) is 11.1 Å². The lowest BCUT2D eigenvalue weighted by atomic mass is 10.1. The van der Waals surface area contributed by atoms with Gasteiger partial charge in [0, 0.05) is 44.1 Å². The molecule has 19 heavy (non-hydrogen) atoms. The molecule has 0 saturated heterocycles. The Morgan fingerprint density at radius 1 is 1.37 bits per heavy atom. The molecule has 1 aliphatic heterocycles. The Hall–Kier alpha value is -2.14. The summed E-state index contributed by atoms with van der Waals surface area (Å²) >= 11 is 0. The van der Waals surface area contributed by atoms with Crippen LogP contribution in [-0.4, -0.2) is 22.0 Å². The van der Waals surface area contributed by atoms with Crippen molar-refractivity contribution < 1.29 is 4.79 Å². The van der Waals surface area contributed by atoms with Crippen LogP contribution in [0.2, 0.25) is 0 Å². The number of hydrogen-bond acceptors (Lipinski definition) is 3. The van der Waals surface area contributed by atoms with Crippen molar-refractivity contribution in [2.24, 2.45) is 0 Å². The topological polar surface area (TPSA) is 59.0 Å². The standard InChI is InChI=1S/C14H16N4O/c19-14(17-4-6-18-5-3-15-10-18)11-1-2-12-8-16-9-13(12)7-11/h1-3,5,7,10,16H,4,6,8-9H2,(H,17,19). The van der Waals surface area contributed by atoms with Crippen LogP contribution in [0.15, 0.2) is 36.9 Å². The highest BCUT2D eigenvalue weighted by Gasteiger charge is 2.12. The van der Waals surface area contributed by atoms with Crippen molar-refractivity contribution in [3.8, 4) is 0 Å². The Labute approximate surface area is 111 Å². The minimum Gasteiger partial charge on any atom is -0.350 e. The third kappa shape index (κ3) is 2.66. The molecule has 1 aromatic heterocycles. The summed E-state index contributed by atoms with van der Waals surface area (Å²) in [5.74, 6) is -0.0187. The van der Waals surface area contributed by atoms with E-state index in [1.54, 1.807) is 12.5 Å². The summed E-state index contributed by atoms with van der Waals surface area (Å²) in [6.07, 6.45) is 5.36. The van der Waals surface area contributed by atoms with Crippen molar-refractivity contribution in [1.29, 1.82) is 0 Å². The molecule has 0 unspecified atom stereocenters. The maximum Gasteiger partial charge on any atom is 0.251 e. The van der Waals surface area contributed by atoms with Gasteiger partial charge >= 0.3 is 0 Å². The maximum atomic E-state index is 12.0. The summed E-state index contributed by atoms with van der Waals surface area (Å²) < 4.78 is 1.94. The zero-order valence-electron chi connectivity index (χ0n) is 10.6. The molecule has 0 atom stereocenters. The van der Waals surface area contributed by atoms with E-state index in [2.05, 4.69) is 15.6 Å². The minimum absolute atomic E-state index is 0.0187. The quantitative estimate of drug-likeness (QED) is 0.855. The maximum absolute atomic E-state index is 12.0. The number of rotatable bonds is 4. The van der Waals surface area contributed by atoms with Crippen LogP contribution in [0, 0.1) is 0 Å². The molecule has 5 heteroatoms. The Kier molecular flexibility index (Phi) is 3.29. The van der Waals surface area contributed by atoms with Crippen LogP contribution in [0.5, 0.6) is 0 Å². The zero-order chi connectivity index (χ0) is 13.1. The van der Waals surface area contributed by atoms with Gasteiger partial charge in [-0.15, -0.1) is 0 Å². The second-order valence-corrected chi connectivity index (χ2v) is 4.64. The first-order valence-corrected chi connectivity index (χ1v) is 6.39. The molecule has 2 aromatic rings. The van der Waals surface area contributed by atoms with Crippen LogP contribution in [0.25, 0.3) is 0 Å². The van der Waals surface area contributed by atoms with Gasteiger partial charge in [0.2, 0.25) is 0 Å². The first-order valence-electron chi connectivity index (χ1n) is 6.39. The van der Waals surface area contributed by atoms with Crippen molar-refractivity contribution in [1.82, 2.24) is 20.2 Å². The molecule has 0 aliphatic carbocycles. The van der Waals surface area contributed by atoms with E-state index in [-0.39, 0.29) is 5.91 Å². The summed E-state index contributed by atoms with van der Waals surface area (Å²) in [4.78, 5) is 16.0. The summed E-state index contributed by atoms with van der Waals surface area (Å²) in [6.45, 7) is 3.09. The van der Waals surface area contributed by atoms with Gasteiger partial charge in [0.05, 0.1) is 6.33 Å². The fourth-order valence-corrected chi connectivity index (χ4v) is 2.26. The van der Waals surface area contributed by atoms with E-state index in [0.29, 0.717) is 6.54 Å². The van der Waals surface area contributed by atoms with Crippen molar-refractivity contribution in [2.45, 2.75) is 19.6 Å². The molecule has 0 bridgehead atoms. The van der Waals surface area contributed by atoms with Crippen LogP contribution < -0.4 is 10.6 Å². The van der Waals surface area contributed by atoms with Gasteiger partial charge in [-0.1, -0.05) is 6.07 Å². The molecule has 2 N–H and O–H groups in total. The first-order chi connectivity index (χ1) is 9.33. The lowest BCUT2D eigenvalue weighted by Gasteiger charge is -2.07. The fraction of sp³-hybridized carbons (Fsp3) is 0.286. The molecule has 0 fully saturated rings. The third-order valence-corrected chi connectivity index (χ3v) is 3.31. The predicted octanol–water partition coefficient (Wildman–Crippen LogP) is 0.916. The summed E-state index contributed by atoms with van der Waals surface area (Å²) in [5.41, 5.74) is 3.24. The van der Waals surface area contributed by atoms with Gasteiger partial charge in [-0.3, -0.25) is 4.79 Å². The van der Waals surface area contributed by atoms with Crippen LogP contribution in [0.1, 0.15) is 21.5 Å². The molecule has 0 radical (unpaired) electrons. The van der Waals surface area contributed by atoms with E-state index in [9.17, 15) is 4.79 Å². The highest BCUT2D eigenvalue weighted by molar-refractivity contribution is 5.94. The second kappa shape index (κ2) is 5.24. The van der Waals surface area contributed by atoms with Crippen LogP contribution in [0.3, 0.4) is 0 Å². The number of aromatic nitrogens is 2. The van der Waals surface area contributed by atoms with Gasteiger partial charge in [0.15, 0.2) is 0 Å². The number of hydrogen-bond donors (Lipinski definition) is 2. The number of fused-ring (bicyclic) bond motifs is 1. The number of imidazole rings is 1. The number of carbonyl (C=O) groups is 1. The highest BCUT2D eigenvalue weighted by Crippen LogP contribution is 2.16. The monoisotopic (exact) mass is 256 g/mol. The summed E-state index contributed by atoms with van der Waals surface area (Å²) in [6, 6.07) is 5.89. The lowest BCUT2D eigenvalue weighted by Crippen LogP contribution is -2.27. The average Bonchev–Trinajstić information content (AvgIpc) is 3.08. The number of carbonyl (C=O) groups excluding carboxylic acids is 1. The molecule has 0 spiro atoms. The molecule has 1 aromatic carbocycles. The number of nitrogens with zero attached hydrogens (tertiary/aromatic N) is 2. The molecule has 5 nitrogen and oxygen atoms in total. The second-order valence-electron chi connectivity index (χ2n) is 4.64. The molecule has 0 saturated carbocycles. The van der Waals surface area contributed by atoms with Crippen molar-refractivity contribution in [3.63, 3.8) is 0 Å². The van der Waals surface area contributed by atoms with Crippen molar-refractivity contribution in [3.05, 3.63) is 53.6 Å². The third-order valence-electron chi connectivity index (χ3n) is 3.31. The number of benzene rings is 1. The van der Waals surface area contributed by atoms with Gasteiger partial charge in [-0.25, -0.2) is 4.98 Å². The van der Waals surface area contributed by atoms with Gasteiger partial charge in [0.1, 0.15) is 0 Å². The summed E-state index contributed by atoms with van der Waals surface area (Å²) in [5, 5.41) is 6.19. The van der Waals surface area contributed by atoms with E-state index < -0.39 is 0 Å². The van der Waals surface area contributed by atoms with E-state index in [1.807, 2.05) is 29.0 Å². The van der Waals surface area contributed by atoms with Gasteiger partial charge in [-0.2, -0.15) is 0 Å². The smallest absolute Gasteiger partial charge is 0.251 e. The predicted molar refractivity (Wildman–Crippen MR) is 71.5 cm³/mol. The number of amides is 1. The largest absolute Gasteiger partial charge is 0.350 e. The molecule has 1 aliphatic rings. The molecule has 3 rings (SSSR count). The van der Waals surface area contributed by atoms with E-state index in [4.69, 9.17) is 0 Å². The van der Waals surface area contributed by atoms with Crippen molar-refractivity contribution >= 4 is 5.91 Å². The van der Waals surface area contributed by atoms with Gasteiger partial charge < -0.3 is 15.2 Å². The van der Waals surface area contributed by atoms with Gasteiger partial charge in [0.25, 0.3) is 5.91 Å². The Bertz CT molecular complexity index is 577. The highest BCUT2D eigenvalue weighted by atomic mass is 16.1. The molecule has 1 amide bonds. The fourth-order valence-electron chi connectivity index (χ4n) is 2.26. The summed E-state index contributed by atoms with van der Waals surface area (Å²) in [7, 11) is 0. The molecular formula is C14H16N4O. The van der Waals surface area contributed by atoms with Crippen LogP contribution in [0.4, 0.5) is 0 Å². The lowest BCUT2D eigenvalue weighted by molar-refractivity contribution is 0.0952. The van der Waals surface area contributed by atoms with Crippen LogP contribution in [-0.2, 0) is 19.6 Å². The van der Waals surface area contributed by atoms with E-state index in [0.717, 1.165) is 25.2 Å². The molecular weight excluding hydrogens is 240 g/mol. The van der Waals surface area contributed by atoms with Crippen molar-refractivity contribution in [2.75, 3.05) is 6.54 Å². The molecule has 98 valence electrons. The Morgan fingerprint density at radius 3 is 3.11 bits per heavy atom. The average molecular weight is 256 g/mol. The van der Waals surface area contributed by atoms with Crippen LogP contribution >= 0.6 is 0 Å². The number of nitrogens with one attached hydrogen (secondary N) is 2.